The molecule has 3 aromatic heterocycles. The first-order chi connectivity index (χ1) is 10.4. The third kappa shape index (κ3) is 2.40. The van der Waals surface area contributed by atoms with Crippen molar-refractivity contribution in [3.8, 4) is 11.1 Å². The van der Waals surface area contributed by atoms with Crippen LogP contribution in [-0.4, -0.2) is 46.4 Å². The van der Waals surface area contributed by atoms with Crippen LogP contribution in [0.4, 0.5) is 5.95 Å². The molecule has 114 valence electrons. The van der Waals surface area contributed by atoms with Crippen molar-refractivity contribution >= 4 is 21.6 Å². The van der Waals surface area contributed by atoms with Crippen LogP contribution in [-0.2, 0) is 10.0 Å². The maximum atomic E-state index is 12.2. The normalized spacial score (nSPS) is 12.1. The quantitative estimate of drug-likeness (QED) is 0.759. The second-order valence-electron chi connectivity index (χ2n) is 4.89. The lowest BCUT2D eigenvalue weighted by molar-refractivity contribution is 0.520. The fourth-order valence-corrected chi connectivity index (χ4v) is 2.89. The molecule has 3 aromatic rings. The summed E-state index contributed by atoms with van der Waals surface area (Å²) >= 11 is 0. The van der Waals surface area contributed by atoms with Gasteiger partial charge in [-0.3, -0.25) is 4.98 Å². The molecule has 0 atom stereocenters. The Morgan fingerprint density at radius 2 is 1.95 bits per heavy atom. The Balaban J connectivity index is 2.11. The van der Waals surface area contributed by atoms with Crippen molar-refractivity contribution in [1.82, 2.24) is 23.9 Å². The third-order valence-electron chi connectivity index (χ3n) is 3.17. The van der Waals surface area contributed by atoms with E-state index < -0.39 is 10.0 Å². The maximum absolute atomic E-state index is 12.2. The Morgan fingerprint density at radius 3 is 2.68 bits per heavy atom. The fourth-order valence-electron chi connectivity index (χ4n) is 2.00. The molecule has 0 radical (unpaired) electrons. The van der Waals surface area contributed by atoms with Crippen molar-refractivity contribution < 1.29 is 8.42 Å². The average molecular weight is 318 g/mol. The van der Waals surface area contributed by atoms with E-state index in [0.717, 1.165) is 9.87 Å². The molecule has 0 saturated heterocycles. The van der Waals surface area contributed by atoms with Gasteiger partial charge in [0.05, 0.1) is 0 Å². The average Bonchev–Trinajstić information content (AvgIpc) is 2.86. The zero-order chi connectivity index (χ0) is 15.9. The van der Waals surface area contributed by atoms with Crippen molar-refractivity contribution in [3.63, 3.8) is 0 Å². The van der Waals surface area contributed by atoms with Gasteiger partial charge in [0.25, 0.3) is 0 Å². The second kappa shape index (κ2) is 5.04. The summed E-state index contributed by atoms with van der Waals surface area (Å²) in [6.07, 6.45) is 4.64. The molecule has 0 aliphatic rings. The lowest BCUT2D eigenvalue weighted by Crippen LogP contribution is -2.22. The highest BCUT2D eigenvalue weighted by atomic mass is 32.2. The summed E-state index contributed by atoms with van der Waals surface area (Å²) in [5.41, 5.74) is 7.60. The smallest absolute Gasteiger partial charge is 0.244 e. The highest BCUT2D eigenvalue weighted by molar-refractivity contribution is 7.89. The highest BCUT2D eigenvalue weighted by Crippen LogP contribution is 2.22. The van der Waals surface area contributed by atoms with E-state index in [9.17, 15) is 8.42 Å². The molecule has 3 rings (SSSR count). The summed E-state index contributed by atoms with van der Waals surface area (Å²) in [5, 5.41) is 4.04. The molecule has 0 bridgehead atoms. The Hall–Kier alpha value is -2.52. The van der Waals surface area contributed by atoms with Gasteiger partial charge < -0.3 is 5.73 Å². The summed E-state index contributed by atoms with van der Waals surface area (Å²) in [4.78, 5) is 8.19. The molecule has 0 aliphatic carbocycles. The summed E-state index contributed by atoms with van der Waals surface area (Å²) in [6.45, 7) is 0. The second-order valence-corrected chi connectivity index (χ2v) is 7.04. The predicted octanol–water partition coefficient (Wildman–Crippen LogP) is 0.624. The lowest BCUT2D eigenvalue weighted by Gasteiger charge is -2.11. The molecule has 0 fully saturated rings. The van der Waals surface area contributed by atoms with Gasteiger partial charge in [-0.2, -0.15) is 4.98 Å². The van der Waals surface area contributed by atoms with Gasteiger partial charge in [0, 0.05) is 43.8 Å². The van der Waals surface area contributed by atoms with Crippen LogP contribution in [0.25, 0.3) is 16.8 Å². The van der Waals surface area contributed by atoms with E-state index >= 15 is 0 Å². The van der Waals surface area contributed by atoms with Gasteiger partial charge in [0.1, 0.15) is 4.90 Å². The number of sulfonamides is 1. The molecule has 0 amide bonds. The van der Waals surface area contributed by atoms with Gasteiger partial charge >= 0.3 is 0 Å². The number of hydrogen-bond acceptors (Lipinski definition) is 6. The van der Waals surface area contributed by atoms with Crippen LogP contribution in [0.1, 0.15) is 0 Å². The Labute approximate surface area is 127 Å². The van der Waals surface area contributed by atoms with Crippen molar-refractivity contribution in [2.75, 3.05) is 19.8 Å². The van der Waals surface area contributed by atoms with Crippen LogP contribution in [0, 0.1) is 0 Å². The predicted molar refractivity (Wildman–Crippen MR) is 81.5 cm³/mol. The Bertz CT molecular complexity index is 948. The van der Waals surface area contributed by atoms with Gasteiger partial charge in [-0.25, -0.2) is 17.2 Å². The monoisotopic (exact) mass is 318 g/mol. The summed E-state index contributed by atoms with van der Waals surface area (Å²) in [7, 11) is -0.573. The fraction of sp³-hybridized carbons (Fsp3) is 0.154. The van der Waals surface area contributed by atoms with E-state index in [-0.39, 0.29) is 10.8 Å². The molecular formula is C13H14N6O2S. The minimum atomic E-state index is -3.53. The van der Waals surface area contributed by atoms with Crippen molar-refractivity contribution in [2.24, 2.45) is 0 Å². The van der Waals surface area contributed by atoms with Gasteiger partial charge in [-0.15, -0.1) is 5.10 Å². The zero-order valence-electron chi connectivity index (χ0n) is 12.0. The molecule has 9 heteroatoms. The Kier molecular flexibility index (Phi) is 3.30. The SMILES string of the molecule is CN(C)S(=O)(=O)c1cncc(-c2ccc3nc(N)nn3c2)c1. The van der Waals surface area contributed by atoms with E-state index in [4.69, 9.17) is 5.73 Å². The summed E-state index contributed by atoms with van der Waals surface area (Å²) < 4.78 is 27.0. The first-order valence-electron chi connectivity index (χ1n) is 6.38. The molecule has 8 nitrogen and oxygen atoms in total. The van der Waals surface area contributed by atoms with Gasteiger partial charge in [-0.1, -0.05) is 0 Å². The van der Waals surface area contributed by atoms with E-state index in [0.29, 0.717) is 11.2 Å². The van der Waals surface area contributed by atoms with Crippen LogP contribution in [0.15, 0.2) is 41.7 Å². The van der Waals surface area contributed by atoms with Crippen LogP contribution in [0.3, 0.4) is 0 Å². The number of nitrogen functional groups attached to an aromatic ring is 1. The number of fused-ring (bicyclic) bond motifs is 1. The number of aromatic nitrogens is 4. The summed E-state index contributed by atoms with van der Waals surface area (Å²) in [5.74, 6) is 0.180. The van der Waals surface area contributed by atoms with Crippen LogP contribution in [0.5, 0.6) is 0 Å². The maximum Gasteiger partial charge on any atom is 0.244 e. The molecule has 0 aromatic carbocycles. The van der Waals surface area contributed by atoms with Crippen molar-refractivity contribution in [2.45, 2.75) is 4.90 Å². The molecule has 0 spiro atoms. The molecule has 3 heterocycles. The first-order valence-corrected chi connectivity index (χ1v) is 7.82. The van der Waals surface area contributed by atoms with Gasteiger partial charge in [-0.05, 0) is 18.2 Å². The van der Waals surface area contributed by atoms with Gasteiger partial charge in [0.15, 0.2) is 5.65 Å². The van der Waals surface area contributed by atoms with Crippen LogP contribution >= 0.6 is 0 Å². The molecular weight excluding hydrogens is 304 g/mol. The largest absolute Gasteiger partial charge is 0.366 e. The number of hydrogen-bond donors (Lipinski definition) is 1. The highest BCUT2D eigenvalue weighted by Gasteiger charge is 2.18. The third-order valence-corrected chi connectivity index (χ3v) is 4.95. The zero-order valence-corrected chi connectivity index (χ0v) is 12.8. The number of anilines is 1. The molecule has 0 aliphatic heterocycles. The van der Waals surface area contributed by atoms with E-state index in [2.05, 4.69) is 15.1 Å². The van der Waals surface area contributed by atoms with Crippen molar-refractivity contribution in [1.29, 1.82) is 0 Å². The van der Waals surface area contributed by atoms with Crippen LogP contribution in [0.2, 0.25) is 0 Å². The van der Waals surface area contributed by atoms with E-state index in [1.807, 2.05) is 6.07 Å². The molecule has 2 N–H and O–H groups in total. The topological polar surface area (TPSA) is 106 Å². The van der Waals surface area contributed by atoms with Crippen molar-refractivity contribution in [3.05, 3.63) is 36.8 Å². The number of nitrogens with two attached hydrogens (primary N) is 1. The minimum absolute atomic E-state index is 0.133. The van der Waals surface area contributed by atoms with E-state index in [1.165, 1.54) is 24.8 Å². The number of rotatable bonds is 3. The van der Waals surface area contributed by atoms with Gasteiger partial charge in [0.2, 0.25) is 16.0 Å². The number of pyridine rings is 2. The van der Waals surface area contributed by atoms with Crippen LogP contribution < -0.4 is 5.73 Å². The molecule has 22 heavy (non-hydrogen) atoms. The standard InChI is InChI=1S/C13H14N6O2S/c1-18(2)22(20,21)11-5-10(6-15-7-11)9-3-4-12-16-13(14)17-19(12)8-9/h3-8H,1-2H3,(H2,14,17). The first kappa shape index (κ1) is 14.4. The van der Waals surface area contributed by atoms with E-state index in [1.54, 1.807) is 24.5 Å². The Morgan fingerprint density at radius 1 is 1.18 bits per heavy atom. The summed E-state index contributed by atoms with van der Waals surface area (Å²) in [6, 6.07) is 5.14. The molecule has 0 saturated carbocycles. The minimum Gasteiger partial charge on any atom is -0.366 e. The lowest BCUT2D eigenvalue weighted by atomic mass is 10.1. The number of nitrogens with zero attached hydrogens (tertiary/aromatic N) is 5. The molecule has 0 unspecified atom stereocenters.